The summed E-state index contributed by atoms with van der Waals surface area (Å²) in [5.74, 6) is 0.339. The molecule has 19 heavy (non-hydrogen) atoms. The minimum Gasteiger partial charge on any atom is -0.367 e. The lowest BCUT2D eigenvalue weighted by Crippen LogP contribution is -2.18. The zero-order chi connectivity index (χ0) is 13.5. The SMILES string of the molecule is Cc1ccc(NC(=O)COCc2ccccc2)nc1. The molecule has 1 heterocycles. The Kier molecular flexibility index (Phi) is 4.64. The van der Waals surface area contributed by atoms with E-state index in [4.69, 9.17) is 4.74 Å². The van der Waals surface area contributed by atoms with Crippen LogP contribution in [0.1, 0.15) is 11.1 Å². The van der Waals surface area contributed by atoms with Gasteiger partial charge in [0.15, 0.2) is 0 Å². The monoisotopic (exact) mass is 256 g/mol. The predicted molar refractivity (Wildman–Crippen MR) is 73.7 cm³/mol. The van der Waals surface area contributed by atoms with Crippen molar-refractivity contribution in [1.82, 2.24) is 4.98 Å². The molecule has 0 spiro atoms. The van der Waals surface area contributed by atoms with Gasteiger partial charge in [-0.2, -0.15) is 0 Å². The van der Waals surface area contributed by atoms with Crippen LogP contribution in [0.2, 0.25) is 0 Å². The summed E-state index contributed by atoms with van der Waals surface area (Å²) in [7, 11) is 0. The Balaban J connectivity index is 1.74. The van der Waals surface area contributed by atoms with Crippen LogP contribution < -0.4 is 5.32 Å². The van der Waals surface area contributed by atoms with Gasteiger partial charge in [0.25, 0.3) is 5.91 Å². The minimum atomic E-state index is -0.202. The van der Waals surface area contributed by atoms with Crippen LogP contribution >= 0.6 is 0 Å². The number of amides is 1. The fraction of sp³-hybridized carbons (Fsp3) is 0.200. The minimum absolute atomic E-state index is 0.0183. The van der Waals surface area contributed by atoms with E-state index in [1.807, 2.05) is 43.3 Å². The van der Waals surface area contributed by atoms with Gasteiger partial charge in [-0.15, -0.1) is 0 Å². The number of aryl methyl sites for hydroxylation is 1. The molecule has 2 aromatic rings. The molecule has 0 unspecified atom stereocenters. The van der Waals surface area contributed by atoms with Crippen LogP contribution in [0.4, 0.5) is 5.82 Å². The maximum Gasteiger partial charge on any atom is 0.251 e. The first-order chi connectivity index (χ1) is 9.24. The second kappa shape index (κ2) is 6.66. The van der Waals surface area contributed by atoms with Crippen molar-refractivity contribution in [2.75, 3.05) is 11.9 Å². The van der Waals surface area contributed by atoms with Gasteiger partial charge in [0.05, 0.1) is 6.61 Å². The van der Waals surface area contributed by atoms with Crippen molar-refractivity contribution in [3.05, 3.63) is 59.8 Å². The maximum absolute atomic E-state index is 11.6. The van der Waals surface area contributed by atoms with Crippen molar-refractivity contribution >= 4 is 11.7 Å². The zero-order valence-corrected chi connectivity index (χ0v) is 10.8. The molecule has 1 aromatic heterocycles. The molecule has 1 aromatic carbocycles. The van der Waals surface area contributed by atoms with Crippen molar-refractivity contribution in [3.63, 3.8) is 0 Å². The van der Waals surface area contributed by atoms with E-state index >= 15 is 0 Å². The fourth-order valence-corrected chi connectivity index (χ4v) is 1.56. The second-order valence-corrected chi connectivity index (χ2v) is 4.25. The molecule has 0 aliphatic rings. The van der Waals surface area contributed by atoms with E-state index < -0.39 is 0 Å². The number of benzene rings is 1. The van der Waals surface area contributed by atoms with E-state index in [0.29, 0.717) is 12.4 Å². The highest BCUT2D eigenvalue weighted by atomic mass is 16.5. The van der Waals surface area contributed by atoms with Crippen LogP contribution in [0.25, 0.3) is 0 Å². The number of aromatic nitrogens is 1. The number of hydrogen-bond acceptors (Lipinski definition) is 3. The van der Waals surface area contributed by atoms with Crippen molar-refractivity contribution in [3.8, 4) is 0 Å². The Hall–Kier alpha value is -2.20. The summed E-state index contributed by atoms with van der Waals surface area (Å²) in [6, 6.07) is 13.4. The summed E-state index contributed by atoms with van der Waals surface area (Å²) >= 11 is 0. The first-order valence-electron chi connectivity index (χ1n) is 6.08. The molecule has 0 aliphatic carbocycles. The molecule has 0 atom stereocenters. The predicted octanol–water partition coefficient (Wildman–Crippen LogP) is 2.55. The van der Waals surface area contributed by atoms with E-state index in [1.165, 1.54) is 0 Å². The molecule has 0 saturated heterocycles. The van der Waals surface area contributed by atoms with Gasteiger partial charge in [0.1, 0.15) is 12.4 Å². The number of nitrogens with one attached hydrogen (secondary N) is 1. The van der Waals surface area contributed by atoms with Crippen LogP contribution in [0.3, 0.4) is 0 Å². The number of hydrogen-bond donors (Lipinski definition) is 1. The Bertz CT molecular complexity index is 524. The van der Waals surface area contributed by atoms with Crippen molar-refractivity contribution in [1.29, 1.82) is 0 Å². The molecule has 0 saturated carbocycles. The summed E-state index contributed by atoms with van der Waals surface area (Å²) in [6.45, 7) is 2.39. The Morgan fingerprint density at radius 1 is 1.21 bits per heavy atom. The van der Waals surface area contributed by atoms with Gasteiger partial charge in [-0.3, -0.25) is 4.79 Å². The van der Waals surface area contributed by atoms with Gasteiger partial charge < -0.3 is 10.1 Å². The Morgan fingerprint density at radius 3 is 2.68 bits per heavy atom. The van der Waals surface area contributed by atoms with Gasteiger partial charge >= 0.3 is 0 Å². The number of anilines is 1. The average molecular weight is 256 g/mol. The molecule has 4 nitrogen and oxygen atoms in total. The summed E-state index contributed by atoms with van der Waals surface area (Å²) in [5, 5.41) is 2.68. The normalized spacial score (nSPS) is 10.2. The van der Waals surface area contributed by atoms with E-state index in [1.54, 1.807) is 12.3 Å². The Labute approximate surface area is 112 Å². The van der Waals surface area contributed by atoms with Gasteiger partial charge in [-0.1, -0.05) is 36.4 Å². The second-order valence-electron chi connectivity index (χ2n) is 4.25. The first kappa shape index (κ1) is 13.2. The number of carbonyl (C=O) groups is 1. The molecular formula is C15H16N2O2. The quantitative estimate of drug-likeness (QED) is 0.894. The third-order valence-electron chi connectivity index (χ3n) is 2.52. The molecule has 0 radical (unpaired) electrons. The van der Waals surface area contributed by atoms with Crippen LogP contribution in [-0.4, -0.2) is 17.5 Å². The van der Waals surface area contributed by atoms with E-state index in [2.05, 4.69) is 10.3 Å². The summed E-state index contributed by atoms with van der Waals surface area (Å²) < 4.78 is 5.34. The fourth-order valence-electron chi connectivity index (χ4n) is 1.56. The lowest BCUT2D eigenvalue weighted by atomic mass is 10.2. The first-order valence-corrected chi connectivity index (χ1v) is 6.08. The molecule has 2 rings (SSSR count). The number of carbonyl (C=O) groups excluding carboxylic acids is 1. The number of pyridine rings is 1. The summed E-state index contributed by atoms with van der Waals surface area (Å²) in [5.41, 5.74) is 2.10. The smallest absolute Gasteiger partial charge is 0.251 e. The molecule has 4 heteroatoms. The summed E-state index contributed by atoms with van der Waals surface area (Å²) in [6.07, 6.45) is 1.71. The molecule has 0 aliphatic heterocycles. The lowest BCUT2D eigenvalue weighted by molar-refractivity contribution is -0.121. The highest BCUT2D eigenvalue weighted by Gasteiger charge is 2.03. The number of ether oxygens (including phenoxy) is 1. The van der Waals surface area contributed by atoms with Crippen molar-refractivity contribution in [2.45, 2.75) is 13.5 Å². The van der Waals surface area contributed by atoms with Crippen LogP contribution in [0.5, 0.6) is 0 Å². The lowest BCUT2D eigenvalue weighted by Gasteiger charge is -2.06. The van der Waals surface area contributed by atoms with Crippen LogP contribution in [0, 0.1) is 6.92 Å². The molecule has 1 N–H and O–H groups in total. The third-order valence-corrected chi connectivity index (χ3v) is 2.52. The molecular weight excluding hydrogens is 240 g/mol. The maximum atomic E-state index is 11.6. The van der Waals surface area contributed by atoms with Crippen LogP contribution in [0.15, 0.2) is 48.7 Å². The van der Waals surface area contributed by atoms with E-state index in [0.717, 1.165) is 11.1 Å². The number of rotatable bonds is 5. The van der Waals surface area contributed by atoms with Gasteiger partial charge in [-0.05, 0) is 24.1 Å². The van der Waals surface area contributed by atoms with Gasteiger partial charge in [0.2, 0.25) is 0 Å². The average Bonchev–Trinajstić information content (AvgIpc) is 2.43. The van der Waals surface area contributed by atoms with Gasteiger partial charge in [-0.25, -0.2) is 4.98 Å². The largest absolute Gasteiger partial charge is 0.367 e. The third kappa shape index (κ3) is 4.52. The zero-order valence-electron chi connectivity index (χ0n) is 10.8. The van der Waals surface area contributed by atoms with E-state index in [-0.39, 0.29) is 12.5 Å². The molecule has 98 valence electrons. The molecule has 0 fully saturated rings. The number of nitrogens with zero attached hydrogens (tertiary/aromatic N) is 1. The molecule has 1 amide bonds. The highest BCUT2D eigenvalue weighted by molar-refractivity contribution is 5.90. The standard InChI is InChI=1S/C15H16N2O2/c1-12-7-8-14(16-9-12)17-15(18)11-19-10-13-5-3-2-4-6-13/h2-9H,10-11H2,1H3,(H,16,17,18). The van der Waals surface area contributed by atoms with Crippen molar-refractivity contribution in [2.24, 2.45) is 0 Å². The topological polar surface area (TPSA) is 51.2 Å². The van der Waals surface area contributed by atoms with Crippen molar-refractivity contribution < 1.29 is 9.53 Å². The van der Waals surface area contributed by atoms with E-state index in [9.17, 15) is 4.79 Å². The Morgan fingerprint density at radius 2 is 2.00 bits per heavy atom. The summed E-state index contributed by atoms with van der Waals surface area (Å²) in [4.78, 5) is 15.7. The molecule has 0 bridgehead atoms. The highest BCUT2D eigenvalue weighted by Crippen LogP contribution is 2.04. The van der Waals surface area contributed by atoms with Crippen LogP contribution in [-0.2, 0) is 16.1 Å². The van der Waals surface area contributed by atoms with Gasteiger partial charge in [0, 0.05) is 6.20 Å².